The highest BCUT2D eigenvalue weighted by molar-refractivity contribution is 7.17. The third-order valence-corrected chi connectivity index (χ3v) is 14.0. The highest BCUT2D eigenvalue weighted by atomic mass is 32.1. The number of nitrogens with zero attached hydrogens (tertiary/aromatic N) is 2. The molecular formula is C54H40N2OS. The Labute approximate surface area is 341 Å². The van der Waals surface area contributed by atoms with Gasteiger partial charge in [0.1, 0.15) is 11.9 Å². The first-order valence-corrected chi connectivity index (χ1v) is 21.3. The Morgan fingerprint density at radius 3 is 2.34 bits per heavy atom. The van der Waals surface area contributed by atoms with E-state index in [2.05, 4.69) is 198 Å². The lowest BCUT2D eigenvalue weighted by Gasteiger charge is -2.40. The van der Waals surface area contributed by atoms with Crippen molar-refractivity contribution < 1.29 is 4.74 Å². The topological polar surface area (TPSA) is 17.4 Å². The predicted molar refractivity (Wildman–Crippen MR) is 245 cm³/mol. The van der Waals surface area contributed by atoms with Crippen LogP contribution in [0.5, 0.6) is 5.75 Å². The molecule has 3 heterocycles. The molecule has 2 aromatic heterocycles. The summed E-state index contributed by atoms with van der Waals surface area (Å²) in [7, 11) is 0. The first kappa shape index (κ1) is 33.5. The van der Waals surface area contributed by atoms with Gasteiger partial charge in [-0.05, 0) is 84.0 Å². The Kier molecular flexibility index (Phi) is 7.64. The molecule has 58 heavy (non-hydrogen) atoms. The second kappa shape index (κ2) is 13.2. The smallest absolute Gasteiger partial charge is 0.133 e. The van der Waals surface area contributed by atoms with Crippen LogP contribution in [0.15, 0.2) is 176 Å². The van der Waals surface area contributed by atoms with Crippen LogP contribution in [-0.2, 0) is 0 Å². The zero-order valence-corrected chi connectivity index (χ0v) is 33.0. The molecule has 2 unspecified atom stereocenters. The largest absolute Gasteiger partial charge is 0.484 e. The van der Waals surface area contributed by atoms with Gasteiger partial charge in [0.2, 0.25) is 0 Å². The van der Waals surface area contributed by atoms with E-state index in [-0.39, 0.29) is 18.1 Å². The molecule has 0 N–H and O–H groups in total. The van der Waals surface area contributed by atoms with E-state index >= 15 is 0 Å². The van der Waals surface area contributed by atoms with Crippen LogP contribution in [-0.4, -0.2) is 16.7 Å². The Hall–Kier alpha value is -6.62. The minimum Gasteiger partial charge on any atom is -0.484 e. The van der Waals surface area contributed by atoms with Crippen molar-refractivity contribution in [3.63, 3.8) is 0 Å². The molecule has 7 aromatic carbocycles. The number of hydrogen-bond donors (Lipinski definition) is 0. The van der Waals surface area contributed by atoms with Gasteiger partial charge in [-0.1, -0.05) is 140 Å². The number of aromatic nitrogens is 1. The molecule has 0 spiro atoms. The van der Waals surface area contributed by atoms with Crippen molar-refractivity contribution in [1.29, 1.82) is 0 Å². The van der Waals surface area contributed by atoms with Crippen LogP contribution >= 0.6 is 11.3 Å². The molecule has 1 aliphatic heterocycles. The van der Waals surface area contributed by atoms with Crippen LogP contribution in [0.2, 0.25) is 0 Å². The summed E-state index contributed by atoms with van der Waals surface area (Å²) in [5, 5.41) is 7.76. The summed E-state index contributed by atoms with van der Waals surface area (Å²) in [4.78, 5) is 2.65. The lowest BCUT2D eigenvalue weighted by atomic mass is 9.83. The van der Waals surface area contributed by atoms with E-state index < -0.39 is 0 Å². The molecule has 0 saturated carbocycles. The van der Waals surface area contributed by atoms with Crippen molar-refractivity contribution in [3.05, 3.63) is 191 Å². The Bertz CT molecular complexity index is 3300. The molecule has 9 aromatic rings. The average Bonchev–Trinajstić information content (AvgIpc) is 3.96. The number of ether oxygens (including phenoxy) is 1. The van der Waals surface area contributed by atoms with Gasteiger partial charge in [-0.25, -0.2) is 0 Å². The zero-order valence-electron chi connectivity index (χ0n) is 32.2. The summed E-state index contributed by atoms with van der Waals surface area (Å²) in [5.41, 5.74) is 11.2. The molecule has 0 bridgehead atoms. The fourth-order valence-corrected chi connectivity index (χ4v) is 11.3. The lowest BCUT2D eigenvalue weighted by molar-refractivity contribution is 0.211. The molecule has 0 saturated heterocycles. The number of fused-ring (bicyclic) bond motifs is 10. The number of benzene rings is 7. The van der Waals surface area contributed by atoms with E-state index in [1.165, 1.54) is 91.8 Å². The minimum atomic E-state index is -0.0305. The molecule has 12 rings (SSSR count). The number of thiophene rings is 1. The van der Waals surface area contributed by atoms with Crippen LogP contribution in [0.3, 0.4) is 0 Å². The number of anilines is 1. The maximum Gasteiger partial charge on any atom is 0.133 e. The third kappa shape index (κ3) is 5.11. The fraction of sp³-hybridized carbons (Fsp3) is 0.111. The lowest BCUT2D eigenvalue weighted by Crippen LogP contribution is -2.46. The van der Waals surface area contributed by atoms with Crippen LogP contribution in [0, 0.1) is 5.92 Å². The van der Waals surface area contributed by atoms with Crippen LogP contribution in [0.4, 0.5) is 5.69 Å². The molecule has 0 amide bonds. The summed E-state index contributed by atoms with van der Waals surface area (Å²) in [5.74, 6) is 1.14. The van der Waals surface area contributed by atoms with E-state index in [9.17, 15) is 0 Å². The van der Waals surface area contributed by atoms with E-state index in [0.717, 1.165) is 18.6 Å². The Morgan fingerprint density at radius 1 is 0.690 bits per heavy atom. The maximum absolute atomic E-state index is 6.77. The number of rotatable bonds is 6. The van der Waals surface area contributed by atoms with Crippen molar-refractivity contribution in [3.8, 4) is 22.6 Å². The zero-order chi connectivity index (χ0) is 38.3. The van der Waals surface area contributed by atoms with Crippen LogP contribution < -0.4 is 19.4 Å². The van der Waals surface area contributed by atoms with Gasteiger partial charge < -0.3 is 14.2 Å². The molecule has 278 valence electrons. The summed E-state index contributed by atoms with van der Waals surface area (Å²) >= 11 is 1.93. The third-order valence-electron chi connectivity index (χ3n) is 12.8. The molecule has 0 radical (unpaired) electrons. The standard InChI is InChI=1S/C54H40N2OS/c1-34(39-19-11-20-45-43-17-5-8-25-51(43)57-53(39)45)55(49-24-12-21-46-44-18-6-9-26-52(44)58-54(46)49)38-30-27-35(28-31-38)37-29-32-42-41-16-4-7-22-48(41)56(50(42)33-37)47-23-10-14-36-13-2-3-15-40(36)47/h2-11,13-23,25-34,39,53H,12,24H2,1H3/t34-,39?,53?/m0/s1. The van der Waals surface area contributed by atoms with Gasteiger partial charge in [0, 0.05) is 60.7 Å². The van der Waals surface area contributed by atoms with Gasteiger partial charge >= 0.3 is 0 Å². The van der Waals surface area contributed by atoms with Gasteiger partial charge in [0.05, 0.1) is 21.3 Å². The van der Waals surface area contributed by atoms with E-state index in [1.54, 1.807) is 0 Å². The van der Waals surface area contributed by atoms with Crippen molar-refractivity contribution in [2.24, 2.45) is 5.92 Å². The van der Waals surface area contributed by atoms with E-state index in [0.29, 0.717) is 0 Å². The molecule has 4 heteroatoms. The molecular weight excluding hydrogens is 725 g/mol. The maximum atomic E-state index is 6.77. The molecule has 2 aliphatic carbocycles. The fourth-order valence-electron chi connectivity index (χ4n) is 10.0. The van der Waals surface area contributed by atoms with Gasteiger partial charge in [0.15, 0.2) is 0 Å². The summed E-state index contributed by atoms with van der Waals surface area (Å²) in [6.07, 6.45) is 11.3. The van der Waals surface area contributed by atoms with Gasteiger partial charge in [-0.2, -0.15) is 0 Å². The first-order chi connectivity index (χ1) is 28.7. The Balaban J connectivity index is 0.991. The number of allylic oxidation sites excluding steroid dienone is 2. The predicted octanol–water partition coefficient (Wildman–Crippen LogP) is 12.4. The second-order valence-electron chi connectivity index (χ2n) is 15.9. The normalized spacial score (nSPS) is 17.5. The molecule has 3 nitrogen and oxygen atoms in total. The highest BCUT2D eigenvalue weighted by Crippen LogP contribution is 2.45. The van der Waals surface area contributed by atoms with Gasteiger partial charge in [0.25, 0.3) is 0 Å². The SMILES string of the molecule is C[C@@H](C1C=CC=C2c3ccccc3OC21)N(C1=c2sc3ccccc3c2=CCC1)c1ccc(-c2ccc3c4ccccc4n(-c4cccc5ccccc45)c3c2)cc1. The van der Waals surface area contributed by atoms with Gasteiger partial charge in [-0.3, -0.25) is 0 Å². The van der Waals surface area contributed by atoms with Crippen molar-refractivity contribution in [1.82, 2.24) is 4.57 Å². The number of hydrogen-bond acceptors (Lipinski definition) is 3. The highest BCUT2D eigenvalue weighted by Gasteiger charge is 2.40. The van der Waals surface area contributed by atoms with Crippen LogP contribution in [0.25, 0.3) is 76.8 Å². The summed E-state index contributed by atoms with van der Waals surface area (Å²) in [6.45, 7) is 2.40. The van der Waals surface area contributed by atoms with E-state index in [4.69, 9.17) is 4.74 Å². The molecule has 3 aliphatic rings. The molecule has 0 fully saturated rings. The van der Waals surface area contributed by atoms with E-state index in [1.807, 2.05) is 11.3 Å². The van der Waals surface area contributed by atoms with Crippen molar-refractivity contribution >= 4 is 77.0 Å². The first-order valence-electron chi connectivity index (χ1n) is 20.5. The Morgan fingerprint density at radius 2 is 1.43 bits per heavy atom. The number of para-hydroxylation sites is 2. The van der Waals surface area contributed by atoms with Crippen molar-refractivity contribution in [2.45, 2.75) is 31.9 Å². The molecule has 3 atom stereocenters. The monoisotopic (exact) mass is 764 g/mol. The average molecular weight is 765 g/mol. The van der Waals surface area contributed by atoms with Crippen molar-refractivity contribution in [2.75, 3.05) is 4.90 Å². The minimum absolute atomic E-state index is 0.0305. The van der Waals surface area contributed by atoms with Crippen LogP contribution in [0.1, 0.15) is 25.3 Å². The summed E-state index contributed by atoms with van der Waals surface area (Å²) in [6, 6.07) is 58.0. The summed E-state index contributed by atoms with van der Waals surface area (Å²) < 4.78 is 12.0. The van der Waals surface area contributed by atoms with Gasteiger partial charge in [-0.15, -0.1) is 11.3 Å². The quantitative estimate of drug-likeness (QED) is 0.168. The second-order valence-corrected chi connectivity index (χ2v) is 16.9.